The van der Waals surface area contributed by atoms with Gasteiger partial charge < -0.3 is 0 Å². The second-order valence-corrected chi connectivity index (χ2v) is 4.95. The van der Waals surface area contributed by atoms with Crippen LogP contribution in [0.25, 0.3) is 17.0 Å². The molecule has 4 nitrogen and oxygen atoms in total. The predicted octanol–water partition coefficient (Wildman–Crippen LogP) is 3.49. The minimum atomic E-state index is -0.742. The van der Waals surface area contributed by atoms with Gasteiger partial charge in [-0.25, -0.2) is 13.8 Å². The molecule has 1 aromatic carbocycles. The number of hydrogen-bond donors (Lipinski definition) is 0. The molecule has 0 fully saturated rings. The molecule has 0 unspecified atom stereocenters. The average molecular weight is 346 g/mol. The molecule has 96 valence electrons. The minimum absolute atomic E-state index is 0.0294. The van der Waals surface area contributed by atoms with Crippen molar-refractivity contribution in [2.24, 2.45) is 0 Å². The molecule has 3 rings (SSSR count). The third kappa shape index (κ3) is 1.98. The Morgan fingerprint density at radius 1 is 1.16 bits per heavy atom. The molecule has 0 bridgehead atoms. The van der Waals surface area contributed by atoms with E-state index in [1.807, 2.05) is 0 Å². The number of hydrogen-bond acceptors (Lipinski definition) is 3. The van der Waals surface area contributed by atoms with E-state index in [1.165, 1.54) is 16.8 Å². The van der Waals surface area contributed by atoms with Gasteiger partial charge >= 0.3 is 0 Å². The third-order valence-corrected chi connectivity index (χ3v) is 3.24. The zero-order chi connectivity index (χ0) is 13.6. The second kappa shape index (κ2) is 4.50. The summed E-state index contributed by atoms with van der Waals surface area (Å²) in [5.41, 5.74) is -0.0288. The molecule has 8 heteroatoms. The smallest absolute Gasteiger partial charge is 0.198 e. The Balaban J connectivity index is 2.34. The van der Waals surface area contributed by atoms with Crippen molar-refractivity contribution in [2.75, 3.05) is 0 Å². The van der Waals surface area contributed by atoms with Crippen molar-refractivity contribution in [3.8, 4) is 11.4 Å². The van der Waals surface area contributed by atoms with Crippen molar-refractivity contribution in [2.45, 2.75) is 0 Å². The molecule has 2 heterocycles. The Morgan fingerprint density at radius 3 is 2.53 bits per heavy atom. The van der Waals surface area contributed by atoms with Crippen LogP contribution in [0.3, 0.4) is 0 Å². The summed E-state index contributed by atoms with van der Waals surface area (Å²) in [5, 5.41) is 7.65. The van der Waals surface area contributed by atoms with Crippen molar-refractivity contribution in [1.82, 2.24) is 19.6 Å². The van der Waals surface area contributed by atoms with E-state index >= 15 is 0 Å². The van der Waals surface area contributed by atoms with Gasteiger partial charge in [0.15, 0.2) is 16.6 Å². The summed E-state index contributed by atoms with van der Waals surface area (Å²) < 4.78 is 29.5. The van der Waals surface area contributed by atoms with E-state index in [-0.39, 0.29) is 22.2 Å². The number of benzene rings is 1. The maximum absolute atomic E-state index is 13.9. The van der Waals surface area contributed by atoms with Crippen LogP contribution in [0.5, 0.6) is 0 Å². The van der Waals surface area contributed by atoms with Gasteiger partial charge in [-0.15, -0.1) is 10.2 Å². The SMILES string of the molecule is Fc1cc(Br)cc(F)c1-c1nnc2c(Cl)nccn12. The van der Waals surface area contributed by atoms with Crippen molar-refractivity contribution in [3.63, 3.8) is 0 Å². The fourth-order valence-electron chi connectivity index (χ4n) is 1.72. The monoisotopic (exact) mass is 344 g/mol. The van der Waals surface area contributed by atoms with Crippen molar-refractivity contribution < 1.29 is 8.78 Å². The largest absolute Gasteiger partial charge is 0.278 e. The molecule has 19 heavy (non-hydrogen) atoms. The van der Waals surface area contributed by atoms with Crippen LogP contribution in [-0.4, -0.2) is 19.6 Å². The molecule has 0 saturated heterocycles. The molecule has 0 saturated carbocycles. The first kappa shape index (κ1) is 12.4. The van der Waals surface area contributed by atoms with Crippen LogP contribution in [0.1, 0.15) is 0 Å². The van der Waals surface area contributed by atoms with Gasteiger partial charge in [0.2, 0.25) is 0 Å². The average Bonchev–Trinajstić information content (AvgIpc) is 2.73. The summed E-state index contributed by atoms with van der Waals surface area (Å²) in [6.07, 6.45) is 2.88. The van der Waals surface area contributed by atoms with Crippen LogP contribution in [-0.2, 0) is 0 Å². The second-order valence-electron chi connectivity index (χ2n) is 3.68. The molecule has 0 aliphatic carbocycles. The van der Waals surface area contributed by atoms with Crippen molar-refractivity contribution in [1.29, 1.82) is 0 Å². The Hall–Kier alpha value is -1.60. The third-order valence-electron chi connectivity index (χ3n) is 2.51. The van der Waals surface area contributed by atoms with Gasteiger partial charge in [0.1, 0.15) is 11.6 Å². The van der Waals surface area contributed by atoms with E-state index in [9.17, 15) is 8.78 Å². The van der Waals surface area contributed by atoms with Gasteiger partial charge in [-0.05, 0) is 12.1 Å². The predicted molar refractivity (Wildman–Crippen MR) is 68.8 cm³/mol. The van der Waals surface area contributed by atoms with E-state index in [2.05, 4.69) is 31.1 Å². The fraction of sp³-hybridized carbons (Fsp3) is 0. The Bertz CT molecular complexity index is 766. The van der Waals surface area contributed by atoms with Gasteiger partial charge in [-0.3, -0.25) is 4.40 Å². The molecule has 0 aliphatic heterocycles. The number of nitrogens with zero attached hydrogens (tertiary/aromatic N) is 4. The summed E-state index contributed by atoms with van der Waals surface area (Å²) in [6, 6.07) is 2.31. The number of aromatic nitrogens is 4. The molecule has 0 N–H and O–H groups in total. The molecular formula is C11H4BrClF2N4. The molecule has 0 radical (unpaired) electrons. The van der Waals surface area contributed by atoms with E-state index in [0.717, 1.165) is 12.1 Å². The van der Waals surface area contributed by atoms with Gasteiger partial charge in [0, 0.05) is 16.9 Å². The summed E-state index contributed by atoms with van der Waals surface area (Å²) in [6.45, 7) is 0. The van der Waals surface area contributed by atoms with Gasteiger partial charge in [0.05, 0.1) is 5.56 Å². The van der Waals surface area contributed by atoms with Crippen LogP contribution in [0.4, 0.5) is 8.78 Å². The molecule has 0 atom stereocenters. The van der Waals surface area contributed by atoms with E-state index in [0.29, 0.717) is 4.47 Å². The normalized spacial score (nSPS) is 11.2. The van der Waals surface area contributed by atoms with Gasteiger partial charge in [-0.1, -0.05) is 27.5 Å². The highest BCUT2D eigenvalue weighted by Crippen LogP contribution is 2.28. The Kier molecular flexibility index (Phi) is 2.94. The van der Waals surface area contributed by atoms with Crippen LogP contribution in [0.15, 0.2) is 29.0 Å². The standard InChI is InChI=1S/C11H4BrClF2N4/c12-5-3-6(14)8(7(15)4-5)10-17-18-11-9(13)16-1-2-19(10)11/h1-4H. The van der Waals surface area contributed by atoms with Crippen molar-refractivity contribution in [3.05, 3.63) is 45.8 Å². The van der Waals surface area contributed by atoms with Crippen LogP contribution < -0.4 is 0 Å². The maximum Gasteiger partial charge on any atom is 0.198 e. The van der Waals surface area contributed by atoms with Crippen LogP contribution >= 0.6 is 27.5 Å². The topological polar surface area (TPSA) is 43.1 Å². The molecule has 3 aromatic rings. The lowest BCUT2D eigenvalue weighted by Crippen LogP contribution is -1.96. The maximum atomic E-state index is 13.9. The highest BCUT2D eigenvalue weighted by molar-refractivity contribution is 9.10. The molecule has 0 aliphatic rings. The number of halogens is 4. The first-order valence-electron chi connectivity index (χ1n) is 5.08. The molecule has 0 spiro atoms. The van der Waals surface area contributed by atoms with Gasteiger partial charge in [0.25, 0.3) is 0 Å². The van der Waals surface area contributed by atoms with Gasteiger partial charge in [-0.2, -0.15) is 0 Å². The summed E-state index contributed by atoms with van der Waals surface area (Å²) in [4.78, 5) is 3.82. The summed E-state index contributed by atoms with van der Waals surface area (Å²) in [7, 11) is 0. The lowest BCUT2D eigenvalue weighted by Gasteiger charge is -2.04. The number of rotatable bonds is 1. The Labute approximate surface area is 119 Å². The van der Waals surface area contributed by atoms with Crippen LogP contribution in [0, 0.1) is 11.6 Å². The fourth-order valence-corrected chi connectivity index (χ4v) is 2.31. The zero-order valence-electron chi connectivity index (χ0n) is 9.11. The lowest BCUT2D eigenvalue weighted by molar-refractivity contribution is 0.585. The minimum Gasteiger partial charge on any atom is -0.278 e. The highest BCUT2D eigenvalue weighted by atomic mass is 79.9. The molecule has 0 amide bonds. The van der Waals surface area contributed by atoms with E-state index < -0.39 is 11.6 Å². The number of fused-ring (bicyclic) bond motifs is 1. The Morgan fingerprint density at radius 2 is 1.84 bits per heavy atom. The van der Waals surface area contributed by atoms with E-state index in [1.54, 1.807) is 0 Å². The molecular weight excluding hydrogens is 342 g/mol. The molecule has 2 aromatic heterocycles. The quantitative estimate of drug-likeness (QED) is 0.678. The first-order valence-corrected chi connectivity index (χ1v) is 6.25. The van der Waals surface area contributed by atoms with E-state index in [4.69, 9.17) is 11.6 Å². The summed E-state index contributed by atoms with van der Waals surface area (Å²) in [5.74, 6) is -1.45. The lowest BCUT2D eigenvalue weighted by atomic mass is 10.2. The van der Waals surface area contributed by atoms with Crippen molar-refractivity contribution >= 4 is 33.2 Å². The zero-order valence-corrected chi connectivity index (χ0v) is 11.5. The summed E-state index contributed by atoms with van der Waals surface area (Å²) >= 11 is 8.85. The highest BCUT2D eigenvalue weighted by Gasteiger charge is 2.19. The first-order chi connectivity index (χ1) is 9.08. The van der Waals surface area contributed by atoms with Crippen LogP contribution in [0.2, 0.25) is 5.15 Å².